The molecule has 1 unspecified atom stereocenters. The van der Waals surface area contributed by atoms with Gasteiger partial charge in [0.25, 0.3) is 0 Å². The fraction of sp³-hybridized carbons (Fsp3) is 0.133. The number of thioether (sulfide) groups is 1. The quantitative estimate of drug-likeness (QED) is 0.761. The van der Waals surface area contributed by atoms with Crippen molar-refractivity contribution >= 4 is 29.3 Å². The first-order valence-electron chi connectivity index (χ1n) is 6.45. The molecule has 1 aromatic carbocycles. The maximum Gasteiger partial charge on any atom is 0.227 e. The molecule has 0 aliphatic carbocycles. The lowest BCUT2D eigenvalue weighted by molar-refractivity contribution is -0.115. The van der Waals surface area contributed by atoms with Crippen molar-refractivity contribution in [3.63, 3.8) is 0 Å². The summed E-state index contributed by atoms with van der Waals surface area (Å²) in [4.78, 5) is 11.0. The van der Waals surface area contributed by atoms with Crippen LogP contribution in [0.5, 0.6) is 0 Å². The molecule has 116 valence electrons. The zero-order valence-electron chi connectivity index (χ0n) is 11.8. The fourth-order valence-corrected chi connectivity index (χ4v) is 3.09. The van der Waals surface area contributed by atoms with Crippen LogP contribution in [0.3, 0.4) is 0 Å². The van der Waals surface area contributed by atoms with Crippen molar-refractivity contribution in [2.75, 3.05) is 5.75 Å². The van der Waals surface area contributed by atoms with Gasteiger partial charge in [-0.25, -0.2) is 0 Å². The van der Waals surface area contributed by atoms with Gasteiger partial charge in [-0.15, -0.1) is 0 Å². The van der Waals surface area contributed by atoms with Crippen LogP contribution in [0.4, 0.5) is 0 Å². The van der Waals surface area contributed by atoms with Gasteiger partial charge in [-0.2, -0.15) is 10.5 Å². The molecule has 0 radical (unpaired) electrons. The Bertz CT molecular complexity index is 786. The lowest BCUT2D eigenvalue weighted by Crippen LogP contribution is -2.30. The molecule has 0 saturated heterocycles. The monoisotopic (exact) mass is 345 g/mol. The van der Waals surface area contributed by atoms with Crippen molar-refractivity contribution < 1.29 is 4.79 Å². The molecule has 2 rings (SSSR count). The van der Waals surface area contributed by atoms with Gasteiger partial charge >= 0.3 is 0 Å². The predicted molar refractivity (Wildman–Crippen MR) is 88.4 cm³/mol. The number of allylic oxidation sites excluding steroid dienone is 2. The zero-order chi connectivity index (χ0) is 17.0. The summed E-state index contributed by atoms with van der Waals surface area (Å²) in [7, 11) is 0. The van der Waals surface area contributed by atoms with E-state index < -0.39 is 11.8 Å². The normalized spacial score (nSPS) is 17.3. The van der Waals surface area contributed by atoms with Crippen LogP contribution in [-0.4, -0.2) is 11.7 Å². The first kappa shape index (κ1) is 16.8. The van der Waals surface area contributed by atoms with Gasteiger partial charge < -0.3 is 16.8 Å². The van der Waals surface area contributed by atoms with Crippen LogP contribution in [-0.2, 0) is 4.79 Å². The molecule has 1 heterocycles. The van der Waals surface area contributed by atoms with E-state index in [2.05, 4.69) is 11.4 Å². The van der Waals surface area contributed by atoms with Crippen LogP contribution < -0.4 is 16.8 Å². The molecule has 1 aromatic rings. The number of halogens is 1. The van der Waals surface area contributed by atoms with Gasteiger partial charge in [0.05, 0.1) is 40.0 Å². The van der Waals surface area contributed by atoms with Crippen LogP contribution in [0.25, 0.3) is 0 Å². The van der Waals surface area contributed by atoms with Gasteiger partial charge in [-0.3, -0.25) is 4.79 Å². The third kappa shape index (κ3) is 3.59. The lowest BCUT2D eigenvalue weighted by atomic mass is 9.84. The highest BCUT2D eigenvalue weighted by atomic mass is 35.5. The number of hydrogen-bond donors (Lipinski definition) is 3. The van der Waals surface area contributed by atoms with E-state index in [4.69, 9.17) is 23.1 Å². The molecule has 5 N–H and O–H groups in total. The van der Waals surface area contributed by atoms with Crippen LogP contribution in [0, 0.1) is 22.7 Å². The number of benzene rings is 1. The Morgan fingerprint density at radius 2 is 1.87 bits per heavy atom. The summed E-state index contributed by atoms with van der Waals surface area (Å²) in [5.41, 5.74) is 12.3. The van der Waals surface area contributed by atoms with Gasteiger partial charge in [0.2, 0.25) is 5.91 Å². The van der Waals surface area contributed by atoms with Gasteiger partial charge in [-0.05, 0) is 17.7 Å². The number of carbonyl (C=O) groups excluding carboxylic acids is 1. The summed E-state index contributed by atoms with van der Waals surface area (Å²) < 4.78 is 0. The Labute approximate surface area is 142 Å². The second-order valence-electron chi connectivity index (χ2n) is 4.66. The van der Waals surface area contributed by atoms with Crippen LogP contribution in [0.15, 0.2) is 46.3 Å². The van der Waals surface area contributed by atoms with E-state index in [1.807, 2.05) is 6.07 Å². The van der Waals surface area contributed by atoms with E-state index in [1.165, 1.54) is 0 Å². The molecule has 6 nitrogen and oxygen atoms in total. The Hall–Kier alpha value is -2.61. The maximum absolute atomic E-state index is 11.0. The summed E-state index contributed by atoms with van der Waals surface area (Å²) in [5.74, 6) is -0.980. The number of nitrogens with one attached hydrogen (secondary N) is 1. The highest BCUT2D eigenvalue weighted by Gasteiger charge is 2.31. The largest absolute Gasteiger partial charge is 0.384 e. The number of amides is 1. The molecule has 0 bridgehead atoms. The number of rotatable bonds is 4. The molecule has 0 aromatic heterocycles. The minimum absolute atomic E-state index is 0.00395. The Kier molecular flexibility index (Phi) is 5.17. The zero-order valence-corrected chi connectivity index (χ0v) is 13.4. The van der Waals surface area contributed by atoms with Crippen molar-refractivity contribution in [2.45, 2.75) is 5.92 Å². The summed E-state index contributed by atoms with van der Waals surface area (Å²) in [6.45, 7) is 0. The van der Waals surface area contributed by atoms with Gasteiger partial charge in [-0.1, -0.05) is 35.5 Å². The first-order chi connectivity index (χ1) is 11.0. The van der Waals surface area contributed by atoms with Crippen molar-refractivity contribution in [2.24, 2.45) is 11.5 Å². The standard InChI is InChI=1S/C15H12ClN5OS/c16-9-3-1-8(2-4-9)13-10(5-17)14(20)21-15(11(13)6-18)23-7-12(19)22/h1-4,13,21H,7,20H2,(H2,19,22). The van der Waals surface area contributed by atoms with Crippen LogP contribution >= 0.6 is 23.4 Å². The minimum Gasteiger partial charge on any atom is -0.384 e. The van der Waals surface area contributed by atoms with Gasteiger partial charge in [0.1, 0.15) is 5.82 Å². The van der Waals surface area contributed by atoms with Gasteiger partial charge in [0.15, 0.2) is 0 Å². The molecular formula is C15H12ClN5OS. The number of nitriles is 2. The Balaban J connectivity index is 2.53. The van der Waals surface area contributed by atoms with E-state index >= 15 is 0 Å². The third-order valence-corrected chi connectivity index (χ3v) is 4.45. The van der Waals surface area contributed by atoms with E-state index in [0.717, 1.165) is 11.8 Å². The summed E-state index contributed by atoms with van der Waals surface area (Å²) in [5, 5.41) is 22.7. The molecule has 1 atom stereocenters. The second-order valence-corrected chi connectivity index (χ2v) is 6.08. The van der Waals surface area contributed by atoms with E-state index in [9.17, 15) is 15.3 Å². The van der Waals surface area contributed by atoms with E-state index in [0.29, 0.717) is 21.2 Å². The summed E-state index contributed by atoms with van der Waals surface area (Å²) >= 11 is 6.96. The molecule has 8 heteroatoms. The Morgan fingerprint density at radius 3 is 2.39 bits per heavy atom. The number of primary amides is 1. The van der Waals surface area contributed by atoms with Crippen molar-refractivity contribution in [3.05, 3.63) is 56.8 Å². The average molecular weight is 346 g/mol. The smallest absolute Gasteiger partial charge is 0.227 e. The lowest BCUT2D eigenvalue weighted by Gasteiger charge is -2.26. The molecule has 1 amide bonds. The van der Waals surface area contributed by atoms with Crippen LogP contribution in [0.2, 0.25) is 5.02 Å². The summed E-state index contributed by atoms with van der Waals surface area (Å²) in [6, 6.07) is 11.0. The van der Waals surface area contributed by atoms with Crippen molar-refractivity contribution in [1.82, 2.24) is 5.32 Å². The minimum atomic E-state index is -0.612. The number of dihydropyridines is 1. The first-order valence-corrected chi connectivity index (χ1v) is 7.81. The molecule has 1 aliphatic heterocycles. The number of carbonyl (C=O) groups is 1. The predicted octanol–water partition coefficient (Wildman–Crippen LogP) is 1.67. The molecule has 0 saturated carbocycles. The average Bonchev–Trinajstić information content (AvgIpc) is 2.53. The molecule has 1 aliphatic rings. The number of hydrogen-bond acceptors (Lipinski definition) is 6. The topological polar surface area (TPSA) is 129 Å². The SMILES string of the molecule is N#CC1=C(N)NC(SCC(N)=O)=C(C#N)C1c1ccc(Cl)cc1. The molecule has 23 heavy (non-hydrogen) atoms. The second kappa shape index (κ2) is 7.10. The number of nitrogens with two attached hydrogens (primary N) is 2. The van der Waals surface area contributed by atoms with Gasteiger partial charge in [0, 0.05) is 5.02 Å². The molecular weight excluding hydrogens is 334 g/mol. The molecule has 0 spiro atoms. The number of nitrogens with zero attached hydrogens (tertiary/aromatic N) is 2. The summed E-state index contributed by atoms with van der Waals surface area (Å²) in [6.07, 6.45) is 0. The van der Waals surface area contributed by atoms with Crippen molar-refractivity contribution in [1.29, 1.82) is 10.5 Å². The highest BCUT2D eigenvalue weighted by molar-refractivity contribution is 8.03. The van der Waals surface area contributed by atoms with E-state index in [-0.39, 0.29) is 17.1 Å². The fourth-order valence-electron chi connectivity index (χ4n) is 2.17. The molecule has 0 fully saturated rings. The maximum atomic E-state index is 11.0. The van der Waals surface area contributed by atoms with Crippen molar-refractivity contribution in [3.8, 4) is 12.1 Å². The Morgan fingerprint density at radius 1 is 1.26 bits per heavy atom. The van der Waals surface area contributed by atoms with Crippen LogP contribution in [0.1, 0.15) is 11.5 Å². The van der Waals surface area contributed by atoms with E-state index in [1.54, 1.807) is 24.3 Å². The third-order valence-electron chi connectivity index (χ3n) is 3.16. The highest BCUT2D eigenvalue weighted by Crippen LogP contribution is 2.39.